The molecule has 0 amide bonds. The average molecular weight is 284 g/mol. The van der Waals surface area contributed by atoms with E-state index in [9.17, 15) is 13.2 Å². The zero-order valence-corrected chi connectivity index (χ0v) is 11.6. The molecule has 0 aromatic carbocycles. The quantitative estimate of drug-likeness (QED) is 0.860. The molecular formula is C12H16N2O4S. The van der Waals surface area contributed by atoms with Gasteiger partial charge in [0.25, 0.3) is 0 Å². The standard InChI is InChI=1S/C12H16N2O4S/c1-8-5-10(12(15)16)6-13-11(8)14-3-4-19(17,18)7-9(14)2/h5-6,9H,3-4,7H2,1-2H3,(H,15,16). The van der Waals surface area contributed by atoms with E-state index in [1.807, 2.05) is 11.8 Å². The summed E-state index contributed by atoms with van der Waals surface area (Å²) in [5, 5.41) is 8.90. The van der Waals surface area contributed by atoms with Crippen molar-refractivity contribution in [3.8, 4) is 0 Å². The number of aromatic carboxylic acids is 1. The molecule has 7 heteroatoms. The van der Waals surface area contributed by atoms with E-state index in [4.69, 9.17) is 5.11 Å². The topological polar surface area (TPSA) is 87.6 Å². The van der Waals surface area contributed by atoms with Gasteiger partial charge < -0.3 is 10.0 Å². The molecule has 19 heavy (non-hydrogen) atoms. The first-order valence-electron chi connectivity index (χ1n) is 5.97. The lowest BCUT2D eigenvalue weighted by molar-refractivity contribution is 0.0696. The lowest BCUT2D eigenvalue weighted by Crippen LogP contribution is -2.47. The molecule has 0 radical (unpaired) electrons. The molecule has 2 heterocycles. The minimum Gasteiger partial charge on any atom is -0.478 e. The first-order valence-corrected chi connectivity index (χ1v) is 7.79. The molecule has 2 rings (SSSR count). The summed E-state index contributed by atoms with van der Waals surface area (Å²) in [4.78, 5) is 16.9. The number of aryl methyl sites for hydroxylation is 1. The van der Waals surface area contributed by atoms with Crippen molar-refractivity contribution in [3.05, 3.63) is 23.4 Å². The Morgan fingerprint density at radius 2 is 2.21 bits per heavy atom. The van der Waals surface area contributed by atoms with Gasteiger partial charge in [-0.15, -0.1) is 0 Å². The molecule has 0 saturated carbocycles. The fourth-order valence-corrected chi connectivity index (χ4v) is 3.85. The Kier molecular flexibility index (Phi) is 3.49. The highest BCUT2D eigenvalue weighted by atomic mass is 32.2. The Morgan fingerprint density at radius 1 is 1.53 bits per heavy atom. The van der Waals surface area contributed by atoms with Crippen LogP contribution >= 0.6 is 0 Å². The molecule has 104 valence electrons. The number of sulfone groups is 1. The van der Waals surface area contributed by atoms with Crippen molar-refractivity contribution in [2.45, 2.75) is 19.9 Å². The SMILES string of the molecule is Cc1cc(C(=O)O)cnc1N1CCS(=O)(=O)CC1C. The predicted molar refractivity (Wildman–Crippen MR) is 71.4 cm³/mol. The summed E-state index contributed by atoms with van der Waals surface area (Å²) in [7, 11) is -2.97. The third kappa shape index (κ3) is 2.86. The minimum atomic E-state index is -2.97. The first-order chi connectivity index (χ1) is 8.80. The molecule has 1 aromatic heterocycles. The number of rotatable bonds is 2. The van der Waals surface area contributed by atoms with E-state index in [0.717, 1.165) is 5.56 Å². The van der Waals surface area contributed by atoms with Crippen LogP contribution in [0.5, 0.6) is 0 Å². The maximum Gasteiger partial charge on any atom is 0.337 e. The maximum atomic E-state index is 11.5. The number of carbonyl (C=O) groups is 1. The molecule has 1 N–H and O–H groups in total. The molecule has 0 spiro atoms. The number of aromatic nitrogens is 1. The van der Waals surface area contributed by atoms with Crippen molar-refractivity contribution < 1.29 is 18.3 Å². The van der Waals surface area contributed by atoms with Crippen molar-refractivity contribution in [1.82, 2.24) is 4.98 Å². The third-order valence-corrected chi connectivity index (χ3v) is 5.03. The molecule has 1 aliphatic rings. The van der Waals surface area contributed by atoms with Crippen molar-refractivity contribution in [2.75, 3.05) is 23.0 Å². The highest BCUT2D eigenvalue weighted by molar-refractivity contribution is 7.91. The van der Waals surface area contributed by atoms with Gasteiger partial charge in [0.05, 0.1) is 17.1 Å². The van der Waals surface area contributed by atoms with Crippen LogP contribution in [0.25, 0.3) is 0 Å². The summed E-state index contributed by atoms with van der Waals surface area (Å²) in [5.74, 6) is -0.141. The van der Waals surface area contributed by atoms with Crippen molar-refractivity contribution in [3.63, 3.8) is 0 Å². The van der Waals surface area contributed by atoms with Crippen LogP contribution < -0.4 is 4.90 Å². The van der Waals surface area contributed by atoms with Gasteiger partial charge in [0.1, 0.15) is 5.82 Å². The van der Waals surface area contributed by atoms with Gasteiger partial charge in [-0.05, 0) is 25.5 Å². The van der Waals surface area contributed by atoms with Crippen LogP contribution in [-0.2, 0) is 9.84 Å². The highest BCUT2D eigenvalue weighted by Crippen LogP contribution is 2.23. The molecule has 6 nitrogen and oxygen atoms in total. The highest BCUT2D eigenvalue weighted by Gasteiger charge is 2.29. The molecule has 1 fully saturated rings. The predicted octanol–water partition coefficient (Wildman–Crippen LogP) is 0.712. The van der Waals surface area contributed by atoms with Crippen LogP contribution in [0.2, 0.25) is 0 Å². The number of pyridine rings is 1. The fraction of sp³-hybridized carbons (Fsp3) is 0.500. The van der Waals surface area contributed by atoms with Crippen LogP contribution in [0.3, 0.4) is 0 Å². The lowest BCUT2D eigenvalue weighted by atomic mass is 10.2. The van der Waals surface area contributed by atoms with Gasteiger partial charge in [0, 0.05) is 18.8 Å². The summed E-state index contributed by atoms with van der Waals surface area (Å²) in [6.07, 6.45) is 1.31. The molecule has 1 saturated heterocycles. The average Bonchev–Trinajstić information content (AvgIpc) is 2.29. The van der Waals surface area contributed by atoms with Crippen molar-refractivity contribution in [2.24, 2.45) is 0 Å². The van der Waals surface area contributed by atoms with Gasteiger partial charge in [-0.1, -0.05) is 0 Å². The fourth-order valence-electron chi connectivity index (χ4n) is 2.30. The Labute approximate surface area is 112 Å². The number of carboxylic acid groups (broad SMARTS) is 1. The number of nitrogens with zero attached hydrogens (tertiary/aromatic N) is 2. The summed E-state index contributed by atoms with van der Waals surface area (Å²) in [5.41, 5.74) is 0.879. The molecule has 0 bridgehead atoms. The van der Waals surface area contributed by atoms with Gasteiger partial charge in [-0.2, -0.15) is 0 Å². The molecule has 0 aliphatic carbocycles. The number of anilines is 1. The van der Waals surface area contributed by atoms with Gasteiger partial charge in [0.15, 0.2) is 9.84 Å². The second-order valence-electron chi connectivity index (χ2n) is 4.83. The van der Waals surface area contributed by atoms with E-state index in [0.29, 0.717) is 12.4 Å². The second kappa shape index (κ2) is 4.80. The second-order valence-corrected chi connectivity index (χ2v) is 7.06. The van der Waals surface area contributed by atoms with E-state index in [-0.39, 0.29) is 23.1 Å². The molecule has 1 unspecified atom stereocenters. The Hall–Kier alpha value is -1.63. The van der Waals surface area contributed by atoms with E-state index in [2.05, 4.69) is 4.98 Å². The van der Waals surface area contributed by atoms with Crippen LogP contribution in [0, 0.1) is 6.92 Å². The van der Waals surface area contributed by atoms with Crippen molar-refractivity contribution >= 4 is 21.6 Å². The third-order valence-electron chi connectivity index (χ3n) is 3.24. The lowest BCUT2D eigenvalue weighted by Gasteiger charge is -2.35. The Bertz CT molecular complexity index is 612. The van der Waals surface area contributed by atoms with E-state index in [1.54, 1.807) is 13.0 Å². The largest absolute Gasteiger partial charge is 0.478 e. The van der Waals surface area contributed by atoms with Crippen LogP contribution in [-0.4, -0.2) is 48.6 Å². The van der Waals surface area contributed by atoms with Crippen molar-refractivity contribution in [1.29, 1.82) is 0 Å². The van der Waals surface area contributed by atoms with Crippen LogP contribution in [0.4, 0.5) is 5.82 Å². The molecular weight excluding hydrogens is 268 g/mol. The Balaban J connectivity index is 2.30. The van der Waals surface area contributed by atoms with Gasteiger partial charge in [-0.3, -0.25) is 0 Å². The van der Waals surface area contributed by atoms with Crippen LogP contribution in [0.1, 0.15) is 22.8 Å². The van der Waals surface area contributed by atoms with Gasteiger partial charge >= 0.3 is 5.97 Å². The number of carboxylic acids is 1. The first kappa shape index (κ1) is 13.8. The molecule has 1 aromatic rings. The maximum absolute atomic E-state index is 11.5. The monoisotopic (exact) mass is 284 g/mol. The smallest absolute Gasteiger partial charge is 0.337 e. The van der Waals surface area contributed by atoms with E-state index in [1.165, 1.54) is 6.20 Å². The number of hydrogen-bond acceptors (Lipinski definition) is 5. The minimum absolute atomic E-state index is 0.106. The molecule has 1 atom stereocenters. The summed E-state index contributed by atoms with van der Waals surface area (Å²) in [6.45, 7) is 4.01. The summed E-state index contributed by atoms with van der Waals surface area (Å²) < 4.78 is 23.1. The normalized spacial score (nSPS) is 22.2. The summed E-state index contributed by atoms with van der Waals surface area (Å²) in [6, 6.07) is 1.40. The Morgan fingerprint density at radius 3 is 2.74 bits per heavy atom. The van der Waals surface area contributed by atoms with Gasteiger partial charge in [-0.25, -0.2) is 18.2 Å². The molecule has 1 aliphatic heterocycles. The zero-order valence-electron chi connectivity index (χ0n) is 10.8. The summed E-state index contributed by atoms with van der Waals surface area (Å²) >= 11 is 0. The van der Waals surface area contributed by atoms with Crippen LogP contribution in [0.15, 0.2) is 12.3 Å². The van der Waals surface area contributed by atoms with E-state index >= 15 is 0 Å². The van der Waals surface area contributed by atoms with E-state index < -0.39 is 15.8 Å². The zero-order chi connectivity index (χ0) is 14.2. The van der Waals surface area contributed by atoms with Gasteiger partial charge in [0.2, 0.25) is 0 Å². The number of hydrogen-bond donors (Lipinski definition) is 1.